The summed E-state index contributed by atoms with van der Waals surface area (Å²) in [4.78, 5) is 0. The van der Waals surface area contributed by atoms with E-state index in [1.165, 1.54) is 12.1 Å². The van der Waals surface area contributed by atoms with E-state index >= 15 is 0 Å². The highest BCUT2D eigenvalue weighted by atomic mass is 35.5. The van der Waals surface area contributed by atoms with Crippen molar-refractivity contribution < 1.29 is 9.50 Å². The Morgan fingerprint density at radius 2 is 2.12 bits per heavy atom. The lowest BCUT2D eigenvalue weighted by molar-refractivity contribution is 0.189. The van der Waals surface area contributed by atoms with Gasteiger partial charge in [-0.2, -0.15) is 0 Å². The van der Waals surface area contributed by atoms with Crippen LogP contribution >= 0.6 is 11.6 Å². The molecule has 0 aliphatic rings. The summed E-state index contributed by atoms with van der Waals surface area (Å²) in [5, 5.41) is 12.7. The van der Waals surface area contributed by atoms with Crippen molar-refractivity contribution in [3.63, 3.8) is 0 Å². The Kier molecular flexibility index (Phi) is 4.71. The van der Waals surface area contributed by atoms with Crippen LogP contribution in [0.2, 0.25) is 5.02 Å². The monoisotopic (exact) mass is 245 g/mol. The fraction of sp³-hybridized carbons (Fsp3) is 0.500. The molecule has 90 valence electrons. The maximum Gasteiger partial charge on any atom is 0.126 e. The van der Waals surface area contributed by atoms with Gasteiger partial charge in [0.2, 0.25) is 0 Å². The van der Waals surface area contributed by atoms with E-state index in [4.69, 9.17) is 16.7 Å². The number of hydrogen-bond acceptors (Lipinski definition) is 2. The number of benzene rings is 1. The van der Waals surface area contributed by atoms with Gasteiger partial charge in [0.05, 0.1) is 6.61 Å². The van der Waals surface area contributed by atoms with E-state index in [1.54, 1.807) is 6.07 Å². The minimum Gasteiger partial charge on any atom is -0.394 e. The van der Waals surface area contributed by atoms with E-state index in [2.05, 4.69) is 5.32 Å². The SMILES string of the molecule is CC(C)(CO)NCCc1cc(Cl)ccc1F. The summed E-state index contributed by atoms with van der Waals surface area (Å²) in [6, 6.07) is 4.53. The fourth-order valence-corrected chi connectivity index (χ4v) is 1.52. The van der Waals surface area contributed by atoms with E-state index in [9.17, 15) is 4.39 Å². The predicted molar refractivity (Wildman–Crippen MR) is 64.3 cm³/mol. The number of rotatable bonds is 5. The molecule has 0 aromatic heterocycles. The summed E-state index contributed by atoms with van der Waals surface area (Å²) < 4.78 is 13.3. The zero-order valence-electron chi connectivity index (χ0n) is 9.56. The molecule has 0 heterocycles. The molecule has 0 aliphatic carbocycles. The Balaban J connectivity index is 2.52. The van der Waals surface area contributed by atoms with Gasteiger partial charge in [0.1, 0.15) is 5.82 Å². The molecular weight excluding hydrogens is 229 g/mol. The molecule has 0 saturated carbocycles. The average molecular weight is 246 g/mol. The standard InChI is InChI=1S/C12H17ClFNO/c1-12(2,8-16)15-6-5-9-7-10(13)3-4-11(9)14/h3-4,7,15-16H,5-6,8H2,1-2H3. The maximum atomic E-state index is 13.3. The van der Waals surface area contributed by atoms with E-state index in [1.807, 2.05) is 13.8 Å². The molecule has 0 unspecified atom stereocenters. The molecule has 0 bridgehead atoms. The molecule has 0 fully saturated rings. The Morgan fingerprint density at radius 3 is 2.75 bits per heavy atom. The van der Waals surface area contributed by atoms with E-state index in [-0.39, 0.29) is 18.0 Å². The van der Waals surface area contributed by atoms with Crippen LogP contribution in [0.4, 0.5) is 4.39 Å². The quantitative estimate of drug-likeness (QED) is 0.835. The third-order valence-corrected chi connectivity index (χ3v) is 2.64. The molecule has 1 aromatic carbocycles. The Labute approximate surface area is 100 Å². The van der Waals surface area contributed by atoms with Gasteiger partial charge in [-0.3, -0.25) is 0 Å². The average Bonchev–Trinajstić information content (AvgIpc) is 2.23. The smallest absolute Gasteiger partial charge is 0.126 e. The summed E-state index contributed by atoms with van der Waals surface area (Å²) in [7, 11) is 0. The number of halogens is 2. The summed E-state index contributed by atoms with van der Waals surface area (Å²) in [6.07, 6.45) is 0.551. The molecule has 16 heavy (non-hydrogen) atoms. The molecule has 0 spiro atoms. The van der Waals surface area contributed by atoms with E-state index in [0.29, 0.717) is 23.6 Å². The minimum atomic E-state index is -0.338. The van der Waals surface area contributed by atoms with Crippen LogP contribution in [0.1, 0.15) is 19.4 Å². The van der Waals surface area contributed by atoms with Gasteiger partial charge in [-0.05, 0) is 50.6 Å². The lowest BCUT2D eigenvalue weighted by Gasteiger charge is -2.23. The second kappa shape index (κ2) is 5.62. The topological polar surface area (TPSA) is 32.3 Å². The molecule has 0 atom stereocenters. The van der Waals surface area contributed by atoms with Crippen LogP contribution in [0.3, 0.4) is 0 Å². The maximum absolute atomic E-state index is 13.3. The predicted octanol–water partition coefficient (Wildman–Crippen LogP) is 2.38. The van der Waals surface area contributed by atoms with Crippen molar-refractivity contribution in [2.45, 2.75) is 25.8 Å². The van der Waals surface area contributed by atoms with Crippen LogP contribution < -0.4 is 5.32 Å². The lowest BCUT2D eigenvalue weighted by Crippen LogP contribution is -2.43. The van der Waals surface area contributed by atoms with Gasteiger partial charge in [-0.15, -0.1) is 0 Å². The summed E-state index contributed by atoms with van der Waals surface area (Å²) in [5.74, 6) is -0.243. The van der Waals surface area contributed by atoms with Gasteiger partial charge in [0, 0.05) is 10.6 Å². The third-order valence-electron chi connectivity index (χ3n) is 2.40. The first-order valence-corrected chi connectivity index (χ1v) is 5.62. The van der Waals surface area contributed by atoms with Crippen molar-refractivity contribution in [3.05, 3.63) is 34.6 Å². The van der Waals surface area contributed by atoms with Crippen LogP contribution in [0, 0.1) is 5.82 Å². The Hall–Kier alpha value is -0.640. The number of nitrogens with one attached hydrogen (secondary N) is 1. The van der Waals surface area contributed by atoms with Crippen molar-refractivity contribution in [3.8, 4) is 0 Å². The van der Waals surface area contributed by atoms with Crippen molar-refractivity contribution >= 4 is 11.6 Å². The van der Waals surface area contributed by atoms with Gasteiger partial charge in [0.15, 0.2) is 0 Å². The zero-order valence-corrected chi connectivity index (χ0v) is 10.3. The van der Waals surface area contributed by atoms with Crippen LogP contribution in [0.25, 0.3) is 0 Å². The van der Waals surface area contributed by atoms with E-state index < -0.39 is 0 Å². The largest absolute Gasteiger partial charge is 0.394 e. The van der Waals surface area contributed by atoms with Gasteiger partial charge < -0.3 is 10.4 Å². The molecule has 1 aromatic rings. The van der Waals surface area contributed by atoms with Crippen molar-refractivity contribution in [1.82, 2.24) is 5.32 Å². The molecule has 2 nitrogen and oxygen atoms in total. The van der Waals surface area contributed by atoms with Crippen LogP contribution in [0.5, 0.6) is 0 Å². The summed E-state index contributed by atoms with van der Waals surface area (Å²) in [6.45, 7) is 4.43. The second-order valence-corrected chi connectivity index (χ2v) is 4.89. The fourth-order valence-electron chi connectivity index (χ4n) is 1.33. The number of aliphatic hydroxyl groups excluding tert-OH is 1. The van der Waals surface area contributed by atoms with Gasteiger partial charge in [0.25, 0.3) is 0 Å². The second-order valence-electron chi connectivity index (χ2n) is 4.45. The minimum absolute atomic E-state index is 0.0467. The first kappa shape index (κ1) is 13.4. The highest BCUT2D eigenvalue weighted by molar-refractivity contribution is 6.30. The van der Waals surface area contributed by atoms with Gasteiger partial charge in [-0.1, -0.05) is 11.6 Å². The first-order valence-electron chi connectivity index (χ1n) is 5.24. The molecular formula is C12H17ClFNO. The van der Waals surface area contributed by atoms with Gasteiger partial charge >= 0.3 is 0 Å². The first-order chi connectivity index (χ1) is 7.44. The summed E-state index contributed by atoms with van der Waals surface area (Å²) in [5.41, 5.74) is 0.253. The van der Waals surface area contributed by atoms with Crippen molar-refractivity contribution in [1.29, 1.82) is 0 Å². The Morgan fingerprint density at radius 1 is 1.44 bits per heavy atom. The molecule has 0 radical (unpaired) electrons. The van der Waals surface area contributed by atoms with Gasteiger partial charge in [-0.25, -0.2) is 4.39 Å². The highest BCUT2D eigenvalue weighted by Gasteiger charge is 2.14. The van der Waals surface area contributed by atoms with E-state index in [0.717, 1.165) is 0 Å². The van der Waals surface area contributed by atoms with Crippen LogP contribution in [-0.4, -0.2) is 23.8 Å². The molecule has 2 N–H and O–H groups in total. The molecule has 0 aliphatic heterocycles. The van der Waals surface area contributed by atoms with Crippen molar-refractivity contribution in [2.75, 3.05) is 13.2 Å². The molecule has 0 amide bonds. The zero-order chi connectivity index (χ0) is 12.2. The van der Waals surface area contributed by atoms with Crippen LogP contribution in [-0.2, 0) is 6.42 Å². The normalized spacial score (nSPS) is 11.8. The third kappa shape index (κ3) is 4.08. The molecule has 4 heteroatoms. The summed E-state index contributed by atoms with van der Waals surface area (Å²) >= 11 is 5.79. The molecule has 1 rings (SSSR count). The Bertz CT molecular complexity index is 355. The van der Waals surface area contributed by atoms with Crippen molar-refractivity contribution in [2.24, 2.45) is 0 Å². The highest BCUT2D eigenvalue weighted by Crippen LogP contribution is 2.15. The molecule has 0 saturated heterocycles. The lowest BCUT2D eigenvalue weighted by atomic mass is 10.1. The number of aliphatic hydroxyl groups is 1. The van der Waals surface area contributed by atoms with Crippen LogP contribution in [0.15, 0.2) is 18.2 Å². The number of hydrogen-bond donors (Lipinski definition) is 2.